The third-order valence-corrected chi connectivity index (χ3v) is 6.41. The highest BCUT2D eigenvalue weighted by atomic mass is 35.5. The molecule has 3 aromatic rings. The first-order valence-corrected chi connectivity index (χ1v) is 11.5. The topological polar surface area (TPSA) is 64.3 Å². The van der Waals surface area contributed by atoms with Crippen LogP contribution in [0.1, 0.15) is 41.5 Å². The van der Waals surface area contributed by atoms with E-state index in [1.54, 1.807) is 0 Å². The van der Waals surface area contributed by atoms with Crippen LogP contribution in [0.3, 0.4) is 0 Å². The smallest absolute Gasteiger partial charge is 0.320 e. The molecule has 0 amide bonds. The van der Waals surface area contributed by atoms with E-state index in [4.69, 9.17) is 11.6 Å². The van der Waals surface area contributed by atoms with Gasteiger partial charge in [-0.05, 0) is 47.7 Å². The number of nitriles is 1. The zero-order chi connectivity index (χ0) is 23.2. The zero-order valence-corrected chi connectivity index (χ0v) is 19.0. The fourth-order valence-corrected chi connectivity index (χ4v) is 4.64. The molecular weight excluding hydrogens is 432 g/mol. The number of rotatable bonds is 6. The molecule has 4 nitrogen and oxygen atoms in total. The monoisotopic (exact) mass is 456 g/mol. The molecule has 0 aromatic heterocycles. The lowest BCUT2D eigenvalue weighted by atomic mass is 9.95. The van der Waals surface area contributed by atoms with Crippen LogP contribution in [0.2, 0.25) is 5.02 Å². The summed E-state index contributed by atoms with van der Waals surface area (Å²) in [7, 11) is 0. The first-order valence-electron chi connectivity index (χ1n) is 11.1. The molecule has 5 heteroatoms. The number of carbonyl (C=O) groups is 1. The number of benzene rings is 3. The van der Waals surface area contributed by atoms with Gasteiger partial charge < -0.3 is 5.11 Å². The first-order chi connectivity index (χ1) is 16.1. The maximum atomic E-state index is 11.6. The van der Waals surface area contributed by atoms with E-state index >= 15 is 0 Å². The van der Waals surface area contributed by atoms with Crippen molar-refractivity contribution in [3.63, 3.8) is 0 Å². The molecule has 0 aliphatic carbocycles. The van der Waals surface area contributed by atoms with Gasteiger partial charge in [0.2, 0.25) is 0 Å². The second-order valence-corrected chi connectivity index (χ2v) is 8.66. The van der Waals surface area contributed by atoms with Crippen LogP contribution in [0.5, 0.6) is 0 Å². The Morgan fingerprint density at radius 3 is 2.58 bits per heavy atom. The van der Waals surface area contributed by atoms with E-state index in [9.17, 15) is 15.2 Å². The lowest BCUT2D eigenvalue weighted by Crippen LogP contribution is -2.43. The van der Waals surface area contributed by atoms with E-state index in [0.29, 0.717) is 23.6 Å². The van der Waals surface area contributed by atoms with Gasteiger partial charge in [0.05, 0.1) is 5.56 Å². The summed E-state index contributed by atoms with van der Waals surface area (Å²) >= 11 is 6.56. The molecule has 1 fully saturated rings. The van der Waals surface area contributed by atoms with Crippen LogP contribution in [0.4, 0.5) is 0 Å². The van der Waals surface area contributed by atoms with Crippen molar-refractivity contribution in [2.24, 2.45) is 0 Å². The number of nitrogens with zero attached hydrogens (tertiary/aromatic N) is 2. The van der Waals surface area contributed by atoms with Crippen molar-refractivity contribution in [2.75, 3.05) is 6.54 Å². The maximum Gasteiger partial charge on any atom is 0.320 e. The van der Waals surface area contributed by atoms with Crippen LogP contribution in [0, 0.1) is 11.3 Å². The number of likely N-dealkylation sites (tertiary alicyclic amines) is 1. The average molecular weight is 457 g/mol. The summed E-state index contributed by atoms with van der Waals surface area (Å²) in [5, 5.41) is 19.9. The molecule has 1 N–H and O–H groups in total. The quantitative estimate of drug-likeness (QED) is 0.430. The summed E-state index contributed by atoms with van der Waals surface area (Å²) < 4.78 is 0. The Bertz CT molecular complexity index is 1210. The molecule has 1 aliphatic heterocycles. The van der Waals surface area contributed by atoms with Gasteiger partial charge in [0.25, 0.3) is 0 Å². The van der Waals surface area contributed by atoms with Crippen molar-refractivity contribution in [3.05, 3.63) is 94.0 Å². The van der Waals surface area contributed by atoms with Gasteiger partial charge >= 0.3 is 5.97 Å². The molecule has 0 bridgehead atoms. The summed E-state index contributed by atoms with van der Waals surface area (Å²) in [6.07, 6.45) is 6.48. The second-order valence-electron chi connectivity index (χ2n) is 8.26. The summed E-state index contributed by atoms with van der Waals surface area (Å²) in [5.74, 6) is -0.758. The largest absolute Gasteiger partial charge is 0.480 e. The second kappa shape index (κ2) is 10.5. The molecule has 1 heterocycles. The first kappa shape index (κ1) is 22.8. The number of carboxylic acid groups (broad SMARTS) is 1. The number of aliphatic carboxylic acids is 1. The van der Waals surface area contributed by atoms with Gasteiger partial charge in [0.15, 0.2) is 0 Å². The third kappa shape index (κ3) is 5.34. The van der Waals surface area contributed by atoms with Crippen molar-refractivity contribution in [2.45, 2.75) is 31.8 Å². The molecule has 166 valence electrons. The molecule has 33 heavy (non-hydrogen) atoms. The van der Waals surface area contributed by atoms with Crippen molar-refractivity contribution in [3.8, 4) is 17.2 Å². The lowest BCUT2D eigenvalue weighted by Gasteiger charge is -2.32. The Kier molecular flexibility index (Phi) is 7.24. The van der Waals surface area contributed by atoms with Crippen LogP contribution in [0.15, 0.2) is 66.7 Å². The molecule has 4 rings (SSSR count). The number of piperidine rings is 1. The van der Waals surface area contributed by atoms with E-state index < -0.39 is 12.0 Å². The van der Waals surface area contributed by atoms with Gasteiger partial charge in [0, 0.05) is 17.1 Å². The van der Waals surface area contributed by atoms with E-state index in [-0.39, 0.29) is 0 Å². The molecule has 1 atom stereocenters. The molecule has 3 aromatic carbocycles. The minimum absolute atomic E-state index is 0.432. The number of carboxylic acids is 1. The Balaban J connectivity index is 1.55. The average Bonchev–Trinajstić information content (AvgIpc) is 2.84. The molecule has 0 radical (unpaired) electrons. The van der Waals surface area contributed by atoms with Crippen LogP contribution in [0.25, 0.3) is 23.3 Å². The highest BCUT2D eigenvalue weighted by molar-refractivity contribution is 6.32. The van der Waals surface area contributed by atoms with Crippen LogP contribution in [-0.4, -0.2) is 28.6 Å². The summed E-state index contributed by atoms with van der Waals surface area (Å²) in [5.41, 5.74) is 5.20. The molecule has 1 saturated heterocycles. The lowest BCUT2D eigenvalue weighted by molar-refractivity contribution is -0.144. The Morgan fingerprint density at radius 2 is 1.85 bits per heavy atom. The molecule has 0 saturated carbocycles. The van der Waals surface area contributed by atoms with Gasteiger partial charge in [-0.25, -0.2) is 0 Å². The SMILES string of the molecule is N#Cc1c(/C=C/c2ccc(CN3CCCCC3C(=O)O)cc2Cl)cccc1-c1ccccc1. The van der Waals surface area contributed by atoms with Crippen molar-refractivity contribution >= 4 is 29.7 Å². The minimum Gasteiger partial charge on any atom is -0.480 e. The predicted molar refractivity (Wildman–Crippen MR) is 133 cm³/mol. The number of hydrogen-bond acceptors (Lipinski definition) is 3. The van der Waals surface area contributed by atoms with Crippen molar-refractivity contribution in [1.82, 2.24) is 4.90 Å². The summed E-state index contributed by atoms with van der Waals surface area (Å²) in [4.78, 5) is 13.6. The van der Waals surface area contributed by atoms with Crippen LogP contribution < -0.4 is 0 Å². The highest BCUT2D eigenvalue weighted by Crippen LogP contribution is 2.28. The summed E-state index contributed by atoms with van der Waals surface area (Å²) in [6.45, 7) is 1.35. The van der Waals surface area contributed by atoms with Crippen molar-refractivity contribution < 1.29 is 9.90 Å². The van der Waals surface area contributed by atoms with Crippen molar-refractivity contribution in [1.29, 1.82) is 5.26 Å². The van der Waals surface area contributed by atoms with Crippen LogP contribution in [-0.2, 0) is 11.3 Å². The van der Waals surface area contributed by atoms with E-state index in [0.717, 1.165) is 47.2 Å². The van der Waals surface area contributed by atoms with Gasteiger partial charge in [-0.15, -0.1) is 0 Å². The van der Waals surface area contributed by atoms with Gasteiger partial charge in [-0.3, -0.25) is 9.69 Å². The standard InChI is InChI=1S/C28H25ClN2O2/c29-26-17-20(19-31-16-5-4-11-27(31)28(32)33)12-13-23(26)15-14-22-9-6-10-24(25(22)18-30)21-7-2-1-3-8-21/h1-3,6-10,12-15,17,27H,4-5,11,16,19H2,(H,32,33)/b15-14+. The summed E-state index contributed by atoms with van der Waals surface area (Å²) in [6, 6.07) is 23.5. The normalized spacial score (nSPS) is 16.5. The molecule has 1 aliphatic rings. The molecular formula is C28H25ClN2O2. The Hall–Kier alpha value is -3.39. The Morgan fingerprint density at radius 1 is 1.06 bits per heavy atom. The van der Waals surface area contributed by atoms with Crippen LogP contribution >= 0.6 is 11.6 Å². The third-order valence-electron chi connectivity index (χ3n) is 6.08. The number of hydrogen-bond donors (Lipinski definition) is 1. The van der Waals surface area contributed by atoms with E-state index in [1.807, 2.05) is 83.8 Å². The predicted octanol–water partition coefficient (Wildman–Crippen LogP) is 6.49. The minimum atomic E-state index is -0.758. The van der Waals surface area contributed by atoms with Gasteiger partial charge in [-0.2, -0.15) is 5.26 Å². The molecule has 1 unspecified atom stereocenters. The van der Waals surface area contributed by atoms with E-state index in [2.05, 4.69) is 6.07 Å². The Labute approximate surface area is 199 Å². The molecule has 0 spiro atoms. The zero-order valence-electron chi connectivity index (χ0n) is 18.2. The number of halogens is 1. The van der Waals surface area contributed by atoms with Gasteiger partial charge in [0.1, 0.15) is 12.1 Å². The maximum absolute atomic E-state index is 11.6. The highest BCUT2D eigenvalue weighted by Gasteiger charge is 2.28. The van der Waals surface area contributed by atoms with E-state index in [1.165, 1.54) is 0 Å². The fraction of sp³-hybridized carbons (Fsp3) is 0.214. The van der Waals surface area contributed by atoms with Gasteiger partial charge in [-0.1, -0.05) is 90.8 Å². The fourth-order valence-electron chi connectivity index (χ4n) is 4.37.